The summed E-state index contributed by atoms with van der Waals surface area (Å²) in [6.07, 6.45) is 8.48. The summed E-state index contributed by atoms with van der Waals surface area (Å²) in [6.45, 7) is 6.78. The molecule has 0 rings (SSSR count). The van der Waals surface area contributed by atoms with Crippen LogP contribution in [0.25, 0.3) is 0 Å². The van der Waals surface area contributed by atoms with Crippen LogP contribution < -0.4 is 0 Å². The van der Waals surface area contributed by atoms with Crippen molar-refractivity contribution in [3.05, 3.63) is 24.8 Å². The van der Waals surface area contributed by atoms with Crippen molar-refractivity contribution in [2.75, 3.05) is 13.1 Å². The lowest BCUT2D eigenvalue weighted by molar-refractivity contribution is 0.437. The van der Waals surface area contributed by atoms with Gasteiger partial charge in [-0.05, 0) is 6.42 Å². The Morgan fingerprint density at radius 2 is 2.18 bits per heavy atom. The summed E-state index contributed by atoms with van der Waals surface area (Å²) in [5.41, 5.74) is 0. The molecule has 0 bridgehead atoms. The Balaban J connectivity index is 3.59. The average Bonchev–Trinajstić information content (AvgIpc) is 2.03. The molecule has 0 heterocycles. The molecule has 0 saturated carbocycles. The van der Waals surface area contributed by atoms with Crippen molar-refractivity contribution in [2.24, 2.45) is 0 Å². The summed E-state index contributed by atoms with van der Waals surface area (Å²) >= 11 is 0. The second-order valence-corrected chi connectivity index (χ2v) is 2.16. The molecule has 0 unspecified atom stereocenters. The van der Waals surface area contributed by atoms with Gasteiger partial charge in [0, 0.05) is 13.1 Å². The van der Waals surface area contributed by atoms with Crippen LogP contribution in [0.3, 0.4) is 0 Å². The minimum atomic E-state index is 0.567. The van der Waals surface area contributed by atoms with E-state index in [9.17, 15) is 4.79 Å². The average molecular weight is 152 g/mol. The summed E-state index contributed by atoms with van der Waals surface area (Å²) in [5.74, 6) is 0. The van der Waals surface area contributed by atoms with E-state index in [1.807, 2.05) is 18.6 Å². The van der Waals surface area contributed by atoms with Gasteiger partial charge in [0.2, 0.25) is 0 Å². The van der Waals surface area contributed by atoms with Crippen LogP contribution >= 0.6 is 0 Å². The van der Waals surface area contributed by atoms with Gasteiger partial charge < -0.3 is 4.90 Å². The zero-order valence-electron chi connectivity index (χ0n) is 6.92. The van der Waals surface area contributed by atoms with E-state index in [2.05, 4.69) is 13.5 Å². The zero-order chi connectivity index (χ0) is 8.53. The van der Waals surface area contributed by atoms with Crippen molar-refractivity contribution in [3.63, 3.8) is 0 Å². The third-order valence-corrected chi connectivity index (χ3v) is 1.21. The third kappa shape index (κ3) is 5.40. The molecule has 2 nitrogen and oxygen atoms in total. The van der Waals surface area contributed by atoms with Crippen LogP contribution in [0.1, 0.15) is 13.3 Å². The highest BCUT2D eigenvalue weighted by Gasteiger charge is 1.94. The van der Waals surface area contributed by atoms with Crippen molar-refractivity contribution >= 4 is 6.41 Å². The smallest absolute Gasteiger partial charge is 0.312 e. The number of nitrogens with zero attached hydrogens (tertiary/aromatic N) is 1. The van der Waals surface area contributed by atoms with Gasteiger partial charge in [-0.3, -0.25) is 4.79 Å². The molecule has 0 fully saturated rings. The fraction of sp³-hybridized carbons (Fsp3) is 0.444. The molecule has 0 N–H and O–H groups in total. The van der Waals surface area contributed by atoms with Gasteiger partial charge in [0.15, 0.2) is 0 Å². The van der Waals surface area contributed by atoms with Gasteiger partial charge >= 0.3 is 6.41 Å². The Labute approximate surface area is 68.2 Å². The summed E-state index contributed by atoms with van der Waals surface area (Å²) in [4.78, 5) is 11.7. The topological polar surface area (TPSA) is 20.3 Å². The highest BCUT2D eigenvalue weighted by molar-refractivity contribution is 5.48. The minimum absolute atomic E-state index is 0.567. The van der Waals surface area contributed by atoms with Gasteiger partial charge in [0.05, 0.1) is 0 Å². The fourth-order valence-electron chi connectivity index (χ4n) is 0.673. The molecular weight excluding hydrogens is 138 g/mol. The summed E-state index contributed by atoms with van der Waals surface area (Å²) in [6, 6.07) is 0. The lowest BCUT2D eigenvalue weighted by Crippen LogP contribution is -2.21. The first-order chi connectivity index (χ1) is 5.35. The predicted molar refractivity (Wildman–Crippen MR) is 46.9 cm³/mol. The molecule has 0 atom stereocenters. The first-order valence-corrected chi connectivity index (χ1v) is 3.73. The van der Waals surface area contributed by atoms with E-state index >= 15 is 0 Å². The number of amides is 1. The van der Waals surface area contributed by atoms with E-state index in [-0.39, 0.29) is 0 Å². The van der Waals surface area contributed by atoms with Crippen LogP contribution in [-0.4, -0.2) is 24.4 Å². The maximum atomic E-state index is 10.2. The Hall–Kier alpha value is -1.05. The van der Waals surface area contributed by atoms with E-state index in [1.54, 1.807) is 6.08 Å². The Morgan fingerprint density at radius 3 is 2.64 bits per heavy atom. The van der Waals surface area contributed by atoms with Crippen LogP contribution in [0, 0.1) is 0 Å². The number of rotatable bonds is 6. The monoisotopic (exact) mass is 152 g/mol. The molecule has 0 aromatic heterocycles. The van der Waals surface area contributed by atoms with E-state index < -0.39 is 0 Å². The third-order valence-electron chi connectivity index (χ3n) is 1.21. The van der Waals surface area contributed by atoms with E-state index in [1.165, 1.54) is 4.90 Å². The SMILES string of the molecule is C=CCN([C]=O)C/C=C/CC. The van der Waals surface area contributed by atoms with Crippen LogP contribution in [0.2, 0.25) is 0 Å². The van der Waals surface area contributed by atoms with Crippen molar-refractivity contribution in [1.29, 1.82) is 0 Å². The van der Waals surface area contributed by atoms with Gasteiger partial charge in [0.25, 0.3) is 0 Å². The summed E-state index contributed by atoms with van der Waals surface area (Å²) < 4.78 is 0. The highest BCUT2D eigenvalue weighted by Crippen LogP contribution is 1.86. The first-order valence-electron chi connectivity index (χ1n) is 3.73. The Bertz CT molecular complexity index is 140. The molecule has 0 aliphatic rings. The molecule has 0 aliphatic heterocycles. The quantitative estimate of drug-likeness (QED) is 0.417. The second-order valence-electron chi connectivity index (χ2n) is 2.16. The molecule has 2 heteroatoms. The minimum Gasteiger partial charge on any atom is -0.327 e. The van der Waals surface area contributed by atoms with E-state index in [4.69, 9.17) is 0 Å². The second kappa shape index (κ2) is 7.06. The number of hydrogen-bond acceptors (Lipinski definition) is 1. The van der Waals surface area contributed by atoms with Gasteiger partial charge in [-0.1, -0.05) is 25.2 Å². The number of carbonyl (C=O) groups excluding carboxylic acids is 1. The Morgan fingerprint density at radius 1 is 1.45 bits per heavy atom. The fourth-order valence-corrected chi connectivity index (χ4v) is 0.673. The summed E-state index contributed by atoms with van der Waals surface area (Å²) in [7, 11) is 0. The molecule has 0 aliphatic carbocycles. The number of hydrogen-bond donors (Lipinski definition) is 0. The molecule has 0 saturated heterocycles. The predicted octanol–water partition coefficient (Wildman–Crippen LogP) is 1.51. The van der Waals surface area contributed by atoms with Gasteiger partial charge in [0.1, 0.15) is 0 Å². The molecule has 0 aromatic rings. The maximum Gasteiger partial charge on any atom is 0.312 e. The van der Waals surface area contributed by atoms with Crippen molar-refractivity contribution in [1.82, 2.24) is 4.90 Å². The Kier molecular flexibility index (Phi) is 6.39. The normalized spacial score (nSPS) is 9.91. The summed E-state index contributed by atoms with van der Waals surface area (Å²) in [5, 5.41) is 0. The van der Waals surface area contributed by atoms with Crippen molar-refractivity contribution in [2.45, 2.75) is 13.3 Å². The molecule has 1 radical (unpaired) electrons. The molecular formula is C9H14NO. The van der Waals surface area contributed by atoms with Gasteiger partial charge in [-0.25, -0.2) is 0 Å². The largest absolute Gasteiger partial charge is 0.327 e. The van der Waals surface area contributed by atoms with E-state index in [0.717, 1.165) is 6.42 Å². The van der Waals surface area contributed by atoms with Crippen LogP contribution in [0.4, 0.5) is 0 Å². The molecule has 1 amide bonds. The first kappa shape index (κ1) is 9.95. The van der Waals surface area contributed by atoms with Gasteiger partial charge in [-0.15, -0.1) is 6.58 Å². The maximum absolute atomic E-state index is 10.2. The van der Waals surface area contributed by atoms with Crippen LogP contribution in [-0.2, 0) is 4.79 Å². The molecule has 0 aromatic carbocycles. The number of allylic oxidation sites excluding steroid dienone is 1. The molecule has 11 heavy (non-hydrogen) atoms. The van der Waals surface area contributed by atoms with Crippen LogP contribution in [0.5, 0.6) is 0 Å². The van der Waals surface area contributed by atoms with Crippen LogP contribution in [0.15, 0.2) is 24.8 Å². The van der Waals surface area contributed by atoms with Crippen molar-refractivity contribution in [3.8, 4) is 0 Å². The molecule has 0 spiro atoms. The lowest BCUT2D eigenvalue weighted by Gasteiger charge is -2.09. The standard InChI is InChI=1S/C9H14NO/c1-3-5-6-8-10(9-11)7-4-2/h4-6H,2-3,7-8H2,1H3/b6-5+. The lowest BCUT2D eigenvalue weighted by atomic mass is 10.4. The highest BCUT2D eigenvalue weighted by atomic mass is 16.1. The zero-order valence-corrected chi connectivity index (χ0v) is 6.92. The van der Waals surface area contributed by atoms with Gasteiger partial charge in [-0.2, -0.15) is 0 Å². The molecule has 61 valence electrons. The van der Waals surface area contributed by atoms with E-state index in [0.29, 0.717) is 13.1 Å². The van der Waals surface area contributed by atoms with Crippen molar-refractivity contribution < 1.29 is 4.79 Å².